The van der Waals surface area contributed by atoms with Gasteiger partial charge in [0.05, 0.1) is 23.9 Å². The Bertz CT molecular complexity index is 952. The minimum atomic E-state index is -5.17. The normalized spacial score (nSPS) is 19.1. The second-order valence-corrected chi connectivity index (χ2v) is 6.45. The highest BCUT2D eigenvalue weighted by atomic mass is 19.4. The van der Waals surface area contributed by atoms with E-state index in [2.05, 4.69) is 5.32 Å². The summed E-state index contributed by atoms with van der Waals surface area (Å²) in [6, 6.07) is 6.34. The van der Waals surface area contributed by atoms with Gasteiger partial charge < -0.3 is 15.2 Å². The maximum absolute atomic E-state index is 14.7. The lowest BCUT2D eigenvalue weighted by Crippen LogP contribution is -2.26. The minimum absolute atomic E-state index is 0.00348. The molecule has 2 aliphatic rings. The number of alkyl halides is 3. The van der Waals surface area contributed by atoms with Crippen LogP contribution in [0.1, 0.15) is 35.6 Å². The summed E-state index contributed by atoms with van der Waals surface area (Å²) in [6.07, 6.45) is -4.08. The molecule has 8 heteroatoms. The molecule has 0 unspecified atom stereocenters. The predicted octanol–water partition coefficient (Wildman–Crippen LogP) is 5.38. The van der Waals surface area contributed by atoms with Crippen LogP contribution in [0.15, 0.2) is 35.9 Å². The largest absolute Gasteiger partial charge is 0.508 e. The van der Waals surface area contributed by atoms with Crippen LogP contribution in [0.4, 0.5) is 27.6 Å². The van der Waals surface area contributed by atoms with Gasteiger partial charge in [-0.2, -0.15) is 13.2 Å². The van der Waals surface area contributed by atoms with Crippen molar-refractivity contribution < 1.29 is 31.8 Å². The Balaban J connectivity index is 1.94. The molecule has 4 rings (SSSR count). The van der Waals surface area contributed by atoms with E-state index in [-0.39, 0.29) is 23.8 Å². The number of benzene rings is 2. The zero-order valence-corrected chi connectivity index (χ0v) is 13.8. The van der Waals surface area contributed by atoms with Crippen molar-refractivity contribution in [2.75, 3.05) is 11.9 Å². The first-order chi connectivity index (χ1) is 12.8. The van der Waals surface area contributed by atoms with Gasteiger partial charge >= 0.3 is 6.18 Å². The van der Waals surface area contributed by atoms with Crippen LogP contribution in [-0.2, 0) is 10.9 Å². The lowest BCUT2D eigenvalue weighted by Gasteiger charge is -2.35. The van der Waals surface area contributed by atoms with Crippen molar-refractivity contribution >= 4 is 11.4 Å². The molecule has 0 aromatic heterocycles. The molecule has 27 heavy (non-hydrogen) atoms. The fourth-order valence-electron chi connectivity index (χ4n) is 3.60. The quantitative estimate of drug-likeness (QED) is 0.650. The molecule has 0 saturated carbocycles. The van der Waals surface area contributed by atoms with Crippen LogP contribution in [-0.4, -0.2) is 11.7 Å². The first-order valence-electron chi connectivity index (χ1n) is 8.28. The molecular formula is C19H14F5NO2. The van der Waals surface area contributed by atoms with Crippen molar-refractivity contribution in [2.45, 2.75) is 25.1 Å². The van der Waals surface area contributed by atoms with Gasteiger partial charge in [-0.1, -0.05) is 12.1 Å². The third kappa shape index (κ3) is 2.89. The number of hydrogen-bond donors (Lipinski definition) is 2. The van der Waals surface area contributed by atoms with E-state index in [4.69, 9.17) is 4.74 Å². The second kappa shape index (κ2) is 6.14. The number of ether oxygens (including phenoxy) is 1. The van der Waals surface area contributed by atoms with Gasteiger partial charge in [0, 0.05) is 0 Å². The lowest BCUT2D eigenvalue weighted by molar-refractivity contribution is -0.142. The first kappa shape index (κ1) is 17.6. The van der Waals surface area contributed by atoms with Crippen LogP contribution in [0.25, 0.3) is 5.76 Å². The molecule has 2 heterocycles. The Labute approximate surface area is 151 Å². The summed E-state index contributed by atoms with van der Waals surface area (Å²) in [5.74, 6) is -3.37. The monoisotopic (exact) mass is 383 g/mol. The highest BCUT2D eigenvalue weighted by Gasteiger charge is 2.43. The Morgan fingerprint density at radius 3 is 2.63 bits per heavy atom. The number of phenols is 1. The van der Waals surface area contributed by atoms with Crippen molar-refractivity contribution in [3.05, 3.63) is 64.2 Å². The van der Waals surface area contributed by atoms with Gasteiger partial charge in [-0.25, -0.2) is 8.78 Å². The molecule has 0 fully saturated rings. The highest BCUT2D eigenvalue weighted by molar-refractivity contribution is 5.81. The third-order valence-corrected chi connectivity index (χ3v) is 4.71. The summed E-state index contributed by atoms with van der Waals surface area (Å²) in [7, 11) is 0. The smallest absolute Gasteiger partial charge is 0.422 e. The number of phenolic OH excluding ortho intramolecular Hbond substituents is 1. The van der Waals surface area contributed by atoms with Crippen LogP contribution in [0.5, 0.6) is 5.75 Å². The van der Waals surface area contributed by atoms with Gasteiger partial charge in [-0.3, -0.25) is 0 Å². The lowest BCUT2D eigenvalue weighted by atomic mass is 9.86. The maximum Gasteiger partial charge on any atom is 0.422 e. The summed E-state index contributed by atoms with van der Waals surface area (Å²) in [4.78, 5) is 0. The Hall–Kier alpha value is -2.77. The standard InChI is InChI=1S/C19H14F5NO2/c20-12-8-13-14(16(21)15(12)19(22,23)24)18-11(5-2-6-27-18)17(25-13)9-3-1-4-10(26)7-9/h1,3-4,7-8,17,25-26H,2,5-6H2/t17-/m0/s1. The molecule has 0 radical (unpaired) electrons. The summed E-state index contributed by atoms with van der Waals surface area (Å²) < 4.78 is 73.6. The zero-order chi connectivity index (χ0) is 19.3. The zero-order valence-electron chi connectivity index (χ0n) is 13.8. The van der Waals surface area contributed by atoms with E-state index in [0.717, 1.165) is 0 Å². The first-order valence-corrected chi connectivity index (χ1v) is 8.28. The van der Waals surface area contributed by atoms with Gasteiger partial charge in [0.25, 0.3) is 0 Å². The SMILES string of the molecule is Oc1cccc([C@@H]2Nc3cc(F)c(C(F)(F)F)c(F)c3C3=C2CCCO3)c1. The Kier molecular flexibility index (Phi) is 4.01. The van der Waals surface area contributed by atoms with Crippen LogP contribution < -0.4 is 5.32 Å². The van der Waals surface area contributed by atoms with Crippen LogP contribution in [0, 0.1) is 11.6 Å². The number of hydrogen-bond acceptors (Lipinski definition) is 3. The Morgan fingerprint density at radius 2 is 1.93 bits per heavy atom. The molecule has 2 aliphatic heterocycles. The van der Waals surface area contributed by atoms with E-state index in [1.807, 2.05) is 0 Å². The van der Waals surface area contributed by atoms with Crippen molar-refractivity contribution in [3.63, 3.8) is 0 Å². The van der Waals surface area contributed by atoms with Crippen molar-refractivity contribution in [2.24, 2.45) is 0 Å². The number of rotatable bonds is 1. The minimum Gasteiger partial charge on any atom is -0.508 e. The topological polar surface area (TPSA) is 41.5 Å². The van der Waals surface area contributed by atoms with E-state index in [9.17, 15) is 27.1 Å². The number of halogens is 5. The summed E-state index contributed by atoms with van der Waals surface area (Å²) in [5.41, 5.74) is -1.28. The summed E-state index contributed by atoms with van der Waals surface area (Å²) in [5, 5.41) is 12.6. The van der Waals surface area contributed by atoms with E-state index in [0.29, 0.717) is 30.0 Å². The fourth-order valence-corrected chi connectivity index (χ4v) is 3.60. The van der Waals surface area contributed by atoms with Crippen LogP contribution >= 0.6 is 0 Å². The van der Waals surface area contributed by atoms with E-state index < -0.39 is 35.0 Å². The number of fused-ring (bicyclic) bond motifs is 2. The van der Waals surface area contributed by atoms with Crippen molar-refractivity contribution in [3.8, 4) is 5.75 Å². The Morgan fingerprint density at radius 1 is 1.15 bits per heavy atom. The molecule has 3 nitrogen and oxygen atoms in total. The van der Waals surface area contributed by atoms with Gasteiger partial charge in [-0.15, -0.1) is 0 Å². The molecule has 0 saturated heterocycles. The van der Waals surface area contributed by atoms with E-state index in [1.165, 1.54) is 12.1 Å². The molecule has 142 valence electrons. The second-order valence-electron chi connectivity index (χ2n) is 6.45. The molecule has 2 aromatic carbocycles. The fraction of sp³-hybridized carbons (Fsp3) is 0.263. The predicted molar refractivity (Wildman–Crippen MR) is 87.9 cm³/mol. The third-order valence-electron chi connectivity index (χ3n) is 4.71. The van der Waals surface area contributed by atoms with Gasteiger partial charge in [-0.05, 0) is 42.2 Å². The van der Waals surface area contributed by atoms with Gasteiger partial charge in [0.15, 0.2) is 5.82 Å². The highest BCUT2D eigenvalue weighted by Crippen LogP contribution is 2.48. The molecule has 0 spiro atoms. The summed E-state index contributed by atoms with van der Waals surface area (Å²) in [6.45, 7) is 0.225. The molecule has 0 aliphatic carbocycles. The van der Waals surface area contributed by atoms with Gasteiger partial charge in [0.2, 0.25) is 0 Å². The van der Waals surface area contributed by atoms with Crippen LogP contribution in [0.2, 0.25) is 0 Å². The molecular weight excluding hydrogens is 369 g/mol. The number of anilines is 1. The number of aromatic hydroxyl groups is 1. The number of nitrogens with one attached hydrogen (secondary N) is 1. The van der Waals surface area contributed by atoms with E-state index >= 15 is 0 Å². The molecule has 0 bridgehead atoms. The van der Waals surface area contributed by atoms with Crippen molar-refractivity contribution in [1.29, 1.82) is 0 Å². The molecule has 2 N–H and O–H groups in total. The maximum atomic E-state index is 14.7. The molecule has 1 atom stereocenters. The van der Waals surface area contributed by atoms with Crippen LogP contribution in [0.3, 0.4) is 0 Å². The summed E-state index contributed by atoms with van der Waals surface area (Å²) >= 11 is 0. The van der Waals surface area contributed by atoms with E-state index in [1.54, 1.807) is 12.1 Å². The molecule has 0 amide bonds. The average molecular weight is 383 g/mol. The van der Waals surface area contributed by atoms with Crippen molar-refractivity contribution in [1.82, 2.24) is 0 Å². The average Bonchev–Trinajstić information content (AvgIpc) is 2.59. The molecule has 2 aromatic rings. The van der Waals surface area contributed by atoms with Gasteiger partial charge in [0.1, 0.15) is 22.9 Å².